The van der Waals surface area contributed by atoms with Crippen LogP contribution in [-0.4, -0.2) is 33.3 Å². The highest BCUT2D eigenvalue weighted by Crippen LogP contribution is 2.59. The van der Waals surface area contributed by atoms with Crippen LogP contribution in [0.5, 0.6) is 0 Å². The van der Waals surface area contributed by atoms with Crippen molar-refractivity contribution in [3.05, 3.63) is 0 Å². The highest BCUT2D eigenvalue weighted by atomic mass is 35.5. The summed E-state index contributed by atoms with van der Waals surface area (Å²) in [6, 6.07) is -0.0156. The molecule has 4 bridgehead atoms. The first-order valence-corrected chi connectivity index (χ1v) is 10.2. The maximum absolute atomic E-state index is 11.8. The topological polar surface area (TPSA) is 58.2 Å². The van der Waals surface area contributed by atoms with Crippen molar-refractivity contribution in [1.82, 2.24) is 10.0 Å². The van der Waals surface area contributed by atoms with Crippen LogP contribution >= 0.6 is 12.4 Å². The van der Waals surface area contributed by atoms with Crippen LogP contribution in [0.25, 0.3) is 0 Å². The molecule has 4 saturated carbocycles. The predicted molar refractivity (Wildman–Crippen MR) is 92.8 cm³/mol. The molecule has 4 aliphatic carbocycles. The predicted octanol–water partition coefficient (Wildman–Crippen LogP) is 2.54. The van der Waals surface area contributed by atoms with Crippen LogP contribution in [0.1, 0.15) is 52.4 Å². The third kappa shape index (κ3) is 4.37. The third-order valence-electron chi connectivity index (χ3n) is 5.63. The van der Waals surface area contributed by atoms with Gasteiger partial charge in [0, 0.05) is 19.1 Å². The first kappa shape index (κ1) is 18.5. The van der Waals surface area contributed by atoms with Gasteiger partial charge in [-0.25, -0.2) is 13.1 Å². The molecule has 0 unspecified atom stereocenters. The van der Waals surface area contributed by atoms with Gasteiger partial charge in [-0.05, 0) is 75.5 Å². The second-order valence-electron chi connectivity index (χ2n) is 8.19. The second-order valence-corrected chi connectivity index (χ2v) is 10.1. The Balaban J connectivity index is 0.00000176. The Morgan fingerprint density at radius 2 is 1.55 bits per heavy atom. The third-order valence-corrected chi connectivity index (χ3v) is 7.20. The summed E-state index contributed by atoms with van der Waals surface area (Å²) in [5, 5.41) is 3.45. The molecule has 0 aliphatic heterocycles. The van der Waals surface area contributed by atoms with Crippen LogP contribution in [0.15, 0.2) is 0 Å². The molecule has 0 spiro atoms. The normalized spacial score (nSPS) is 36.6. The minimum absolute atomic E-state index is 0. The van der Waals surface area contributed by atoms with Crippen molar-refractivity contribution in [1.29, 1.82) is 0 Å². The monoisotopic (exact) mass is 350 g/mol. The molecule has 2 N–H and O–H groups in total. The van der Waals surface area contributed by atoms with E-state index in [-0.39, 0.29) is 24.2 Å². The molecule has 4 aliphatic rings. The minimum Gasteiger partial charge on any atom is -0.315 e. The number of halogens is 1. The molecule has 22 heavy (non-hydrogen) atoms. The zero-order valence-electron chi connectivity index (χ0n) is 13.8. The van der Waals surface area contributed by atoms with E-state index in [1.165, 1.54) is 38.5 Å². The van der Waals surface area contributed by atoms with E-state index in [0.717, 1.165) is 24.3 Å². The molecule has 6 heteroatoms. The number of rotatable bonds is 7. The maximum atomic E-state index is 11.8. The summed E-state index contributed by atoms with van der Waals surface area (Å²) >= 11 is 0. The summed E-state index contributed by atoms with van der Waals surface area (Å²) in [4.78, 5) is 0. The first-order valence-electron chi connectivity index (χ1n) is 8.57. The van der Waals surface area contributed by atoms with Crippen LogP contribution in [0.3, 0.4) is 0 Å². The summed E-state index contributed by atoms with van der Waals surface area (Å²) in [5.74, 6) is 3.08. The highest BCUT2D eigenvalue weighted by molar-refractivity contribution is 7.89. The lowest BCUT2D eigenvalue weighted by Crippen LogP contribution is -2.51. The number of hydrogen-bond acceptors (Lipinski definition) is 3. The van der Waals surface area contributed by atoms with Crippen molar-refractivity contribution in [2.45, 2.75) is 58.4 Å². The van der Waals surface area contributed by atoms with Crippen LogP contribution in [0.2, 0.25) is 0 Å². The molecule has 0 heterocycles. The molecular formula is C16H31ClN2O2S. The number of nitrogens with one attached hydrogen (secondary N) is 2. The van der Waals surface area contributed by atoms with Gasteiger partial charge in [0.1, 0.15) is 0 Å². The summed E-state index contributed by atoms with van der Waals surface area (Å²) in [6.45, 7) is 5.32. The largest absolute Gasteiger partial charge is 0.315 e. The molecule has 0 aromatic heterocycles. The van der Waals surface area contributed by atoms with Gasteiger partial charge < -0.3 is 5.32 Å². The lowest BCUT2D eigenvalue weighted by Gasteiger charge is -2.57. The van der Waals surface area contributed by atoms with Gasteiger partial charge in [-0.1, -0.05) is 0 Å². The van der Waals surface area contributed by atoms with Crippen molar-refractivity contribution in [3.8, 4) is 0 Å². The van der Waals surface area contributed by atoms with Crippen molar-refractivity contribution in [2.75, 3.05) is 18.8 Å². The Kier molecular flexibility index (Phi) is 5.85. The number of sulfonamides is 1. The van der Waals surface area contributed by atoms with Gasteiger partial charge in [-0.15, -0.1) is 12.4 Å². The summed E-state index contributed by atoms with van der Waals surface area (Å²) in [5.41, 5.74) is 0.490. The van der Waals surface area contributed by atoms with Crippen molar-refractivity contribution < 1.29 is 8.42 Å². The van der Waals surface area contributed by atoms with Gasteiger partial charge in [0.25, 0.3) is 0 Å². The van der Waals surface area contributed by atoms with E-state index in [2.05, 4.69) is 10.0 Å². The summed E-state index contributed by atoms with van der Waals surface area (Å²) in [7, 11) is -3.12. The molecular weight excluding hydrogens is 320 g/mol. The van der Waals surface area contributed by atoms with E-state index >= 15 is 0 Å². The molecule has 0 atom stereocenters. The Hall–Kier alpha value is 0.160. The quantitative estimate of drug-likeness (QED) is 0.694. The van der Waals surface area contributed by atoms with Crippen molar-refractivity contribution in [2.24, 2.45) is 23.2 Å². The summed E-state index contributed by atoms with van der Waals surface area (Å²) in [6.07, 6.45) is 8.53. The van der Waals surface area contributed by atoms with Gasteiger partial charge in [0.05, 0.1) is 5.75 Å². The molecule has 4 rings (SSSR count). The molecule has 4 fully saturated rings. The minimum atomic E-state index is -3.12. The van der Waals surface area contributed by atoms with Crippen LogP contribution in [-0.2, 0) is 10.0 Å². The fourth-order valence-corrected chi connectivity index (χ4v) is 6.73. The second kappa shape index (κ2) is 6.96. The molecule has 0 aromatic rings. The summed E-state index contributed by atoms with van der Waals surface area (Å²) < 4.78 is 26.3. The first-order chi connectivity index (χ1) is 9.86. The molecule has 0 amide bonds. The fourth-order valence-electron chi connectivity index (χ4n) is 5.48. The highest BCUT2D eigenvalue weighted by Gasteiger charge is 2.50. The van der Waals surface area contributed by atoms with Gasteiger partial charge in [0.15, 0.2) is 0 Å². The SMILES string of the molecule is CC(C)NS(=O)(=O)CCNCC12CC3CC(CC(C3)C1)C2.Cl. The van der Waals surface area contributed by atoms with E-state index < -0.39 is 10.0 Å². The zero-order chi connectivity index (χ0) is 15.1. The number of hydrogen-bond donors (Lipinski definition) is 2. The Bertz CT molecular complexity index is 443. The van der Waals surface area contributed by atoms with Crippen LogP contribution in [0.4, 0.5) is 0 Å². The smallest absolute Gasteiger partial charge is 0.213 e. The molecule has 0 radical (unpaired) electrons. The van der Waals surface area contributed by atoms with Gasteiger partial charge in [-0.2, -0.15) is 0 Å². The van der Waals surface area contributed by atoms with Crippen LogP contribution in [0, 0.1) is 23.2 Å². The van der Waals surface area contributed by atoms with E-state index in [9.17, 15) is 8.42 Å². The Labute approximate surface area is 141 Å². The van der Waals surface area contributed by atoms with E-state index in [1.54, 1.807) is 0 Å². The van der Waals surface area contributed by atoms with Crippen molar-refractivity contribution >= 4 is 22.4 Å². The van der Waals surface area contributed by atoms with Crippen molar-refractivity contribution in [3.63, 3.8) is 0 Å². The maximum Gasteiger partial charge on any atom is 0.213 e. The van der Waals surface area contributed by atoms with E-state index in [4.69, 9.17) is 0 Å². The lowest BCUT2D eigenvalue weighted by molar-refractivity contribution is -0.0510. The Morgan fingerprint density at radius 1 is 1.05 bits per heavy atom. The van der Waals surface area contributed by atoms with Crippen LogP contribution < -0.4 is 10.0 Å². The van der Waals surface area contributed by atoms with Gasteiger partial charge in [-0.3, -0.25) is 0 Å². The molecule has 0 aromatic carbocycles. The lowest BCUT2D eigenvalue weighted by atomic mass is 9.49. The average Bonchev–Trinajstić information content (AvgIpc) is 2.31. The zero-order valence-corrected chi connectivity index (χ0v) is 15.4. The molecule has 130 valence electrons. The fraction of sp³-hybridized carbons (Fsp3) is 1.00. The standard InChI is InChI=1S/C16H30N2O2S.ClH/c1-12(2)18-21(19,20)4-3-17-11-16-8-13-5-14(9-16)7-15(6-13)10-16;/h12-15,17-18H,3-11H2,1-2H3;1H. The molecule has 4 nitrogen and oxygen atoms in total. The van der Waals surface area contributed by atoms with Gasteiger partial charge in [0.2, 0.25) is 10.0 Å². The van der Waals surface area contributed by atoms with E-state index in [0.29, 0.717) is 12.0 Å². The average molecular weight is 351 g/mol. The van der Waals surface area contributed by atoms with E-state index in [1.807, 2.05) is 13.8 Å². The molecule has 0 saturated heterocycles. The Morgan fingerprint density at radius 3 is 2.00 bits per heavy atom. The van der Waals surface area contributed by atoms with Gasteiger partial charge >= 0.3 is 0 Å².